The number of hydrogen-bond donors (Lipinski definition) is 1. The molecule has 1 saturated heterocycles. The lowest BCUT2D eigenvalue weighted by atomic mass is 10.2. The molecule has 9 nitrogen and oxygen atoms in total. The van der Waals surface area contributed by atoms with Crippen molar-refractivity contribution in [2.75, 3.05) is 38.2 Å². The average molecular weight is 303 g/mol. The van der Waals surface area contributed by atoms with E-state index in [1.165, 1.54) is 0 Å². The fraction of sp³-hybridized carbons (Fsp3) is 0.462. The van der Waals surface area contributed by atoms with Crippen LogP contribution in [-0.4, -0.2) is 69.5 Å². The minimum Gasteiger partial charge on any atom is -0.481 e. The summed E-state index contributed by atoms with van der Waals surface area (Å²) < 4.78 is 5.11. The number of carbonyl (C=O) groups excluding carboxylic acids is 1. The molecule has 0 bridgehead atoms. The van der Waals surface area contributed by atoms with Gasteiger partial charge in [-0.3, -0.25) is 4.79 Å². The maximum absolute atomic E-state index is 12.4. The van der Waals surface area contributed by atoms with Crippen molar-refractivity contribution in [2.45, 2.75) is 6.92 Å². The Morgan fingerprint density at radius 3 is 2.68 bits per heavy atom. The molecule has 9 heteroatoms. The van der Waals surface area contributed by atoms with Crippen LogP contribution in [0.25, 0.3) is 0 Å². The van der Waals surface area contributed by atoms with Crippen LogP contribution in [-0.2, 0) is 0 Å². The molecule has 2 aromatic heterocycles. The first-order valence-electron chi connectivity index (χ1n) is 6.97. The Balaban J connectivity index is 1.65. The van der Waals surface area contributed by atoms with Crippen LogP contribution in [0.4, 0.5) is 5.95 Å². The van der Waals surface area contributed by atoms with Gasteiger partial charge < -0.3 is 14.5 Å². The van der Waals surface area contributed by atoms with Gasteiger partial charge in [0.2, 0.25) is 11.8 Å². The van der Waals surface area contributed by atoms with Gasteiger partial charge in [-0.15, -0.1) is 0 Å². The van der Waals surface area contributed by atoms with E-state index in [-0.39, 0.29) is 5.91 Å². The van der Waals surface area contributed by atoms with Gasteiger partial charge in [-0.25, -0.2) is 4.98 Å². The summed E-state index contributed by atoms with van der Waals surface area (Å²) in [5, 5.41) is 10.3. The molecule has 0 saturated carbocycles. The summed E-state index contributed by atoms with van der Waals surface area (Å²) in [6.07, 6.45) is 1.66. The molecule has 0 spiro atoms. The Labute approximate surface area is 127 Å². The van der Waals surface area contributed by atoms with Gasteiger partial charge in [0.1, 0.15) is 0 Å². The standard InChI is InChI=1S/C13H17N7O2/c1-9-11(17-18-16-9)12(21)19-5-7-20(8-6-19)13-14-4-3-10(15-13)22-2/h3-4H,5-8H2,1-2H3,(H,16,17,18). The SMILES string of the molecule is COc1ccnc(N2CCN(C(=O)c3n[nH]nc3C)CC2)n1. The number of aromatic amines is 1. The molecular weight excluding hydrogens is 286 g/mol. The van der Waals surface area contributed by atoms with E-state index in [0.717, 1.165) is 0 Å². The monoisotopic (exact) mass is 303 g/mol. The van der Waals surface area contributed by atoms with Crippen molar-refractivity contribution >= 4 is 11.9 Å². The van der Waals surface area contributed by atoms with Gasteiger partial charge in [0.05, 0.1) is 12.8 Å². The van der Waals surface area contributed by atoms with E-state index >= 15 is 0 Å². The minimum atomic E-state index is -0.0996. The van der Waals surface area contributed by atoms with Gasteiger partial charge in [0, 0.05) is 38.4 Å². The minimum absolute atomic E-state index is 0.0996. The van der Waals surface area contributed by atoms with Gasteiger partial charge in [0.15, 0.2) is 5.69 Å². The molecule has 0 aromatic carbocycles. The van der Waals surface area contributed by atoms with E-state index in [1.54, 1.807) is 31.2 Å². The highest BCUT2D eigenvalue weighted by Gasteiger charge is 2.26. The van der Waals surface area contributed by atoms with Crippen molar-refractivity contribution in [1.29, 1.82) is 0 Å². The normalized spacial score (nSPS) is 15.0. The molecule has 2 aromatic rings. The summed E-state index contributed by atoms with van der Waals surface area (Å²) in [6, 6.07) is 1.70. The van der Waals surface area contributed by atoms with Crippen LogP contribution in [0.3, 0.4) is 0 Å². The molecule has 22 heavy (non-hydrogen) atoms. The van der Waals surface area contributed by atoms with Crippen molar-refractivity contribution < 1.29 is 9.53 Å². The Morgan fingerprint density at radius 2 is 2.05 bits per heavy atom. The number of aryl methyl sites for hydroxylation is 1. The van der Waals surface area contributed by atoms with Gasteiger partial charge in [0.25, 0.3) is 5.91 Å². The molecule has 3 rings (SSSR count). The summed E-state index contributed by atoms with van der Waals surface area (Å²) >= 11 is 0. The van der Waals surface area contributed by atoms with Gasteiger partial charge in [-0.05, 0) is 6.92 Å². The zero-order valence-corrected chi connectivity index (χ0v) is 12.5. The van der Waals surface area contributed by atoms with Crippen LogP contribution < -0.4 is 9.64 Å². The second-order valence-corrected chi connectivity index (χ2v) is 4.94. The number of aromatic nitrogens is 5. The second-order valence-electron chi connectivity index (χ2n) is 4.94. The van der Waals surface area contributed by atoms with Crippen LogP contribution in [0, 0.1) is 6.92 Å². The number of carbonyl (C=O) groups is 1. The van der Waals surface area contributed by atoms with E-state index in [2.05, 4.69) is 25.4 Å². The summed E-state index contributed by atoms with van der Waals surface area (Å²) in [4.78, 5) is 24.7. The van der Waals surface area contributed by atoms with E-state index in [9.17, 15) is 4.79 Å². The van der Waals surface area contributed by atoms with Crippen LogP contribution in [0.15, 0.2) is 12.3 Å². The van der Waals surface area contributed by atoms with Gasteiger partial charge in [-0.1, -0.05) is 0 Å². The first-order chi connectivity index (χ1) is 10.7. The van der Waals surface area contributed by atoms with Crippen LogP contribution in [0.2, 0.25) is 0 Å². The molecule has 0 unspecified atom stereocenters. The van der Waals surface area contributed by atoms with Crippen LogP contribution >= 0.6 is 0 Å². The molecule has 0 atom stereocenters. The third-order valence-corrected chi connectivity index (χ3v) is 3.60. The smallest absolute Gasteiger partial charge is 0.276 e. The van der Waals surface area contributed by atoms with Crippen molar-refractivity contribution in [1.82, 2.24) is 30.3 Å². The number of H-pyrrole nitrogens is 1. The molecule has 1 N–H and O–H groups in total. The van der Waals surface area contributed by atoms with Crippen LogP contribution in [0.1, 0.15) is 16.2 Å². The summed E-state index contributed by atoms with van der Waals surface area (Å²) in [6.45, 7) is 4.26. The third kappa shape index (κ3) is 2.69. The quantitative estimate of drug-likeness (QED) is 0.843. The summed E-state index contributed by atoms with van der Waals surface area (Å²) in [7, 11) is 1.57. The Bertz CT molecular complexity index is 664. The molecule has 3 heterocycles. The van der Waals surface area contributed by atoms with Crippen molar-refractivity contribution in [3.05, 3.63) is 23.7 Å². The number of hydrogen-bond acceptors (Lipinski definition) is 7. The predicted molar refractivity (Wildman–Crippen MR) is 77.8 cm³/mol. The fourth-order valence-electron chi connectivity index (χ4n) is 2.34. The number of nitrogens with one attached hydrogen (secondary N) is 1. The lowest BCUT2D eigenvalue weighted by Crippen LogP contribution is -2.49. The van der Waals surface area contributed by atoms with Crippen molar-refractivity contribution in [3.63, 3.8) is 0 Å². The summed E-state index contributed by atoms with van der Waals surface area (Å²) in [5.74, 6) is 1.04. The Morgan fingerprint density at radius 1 is 1.27 bits per heavy atom. The number of ether oxygens (including phenoxy) is 1. The molecule has 1 aliphatic heterocycles. The molecule has 1 fully saturated rings. The average Bonchev–Trinajstić information content (AvgIpc) is 3.00. The Hall–Kier alpha value is -2.71. The summed E-state index contributed by atoms with van der Waals surface area (Å²) in [5.41, 5.74) is 0.995. The molecular formula is C13H17N7O2. The van der Waals surface area contributed by atoms with Gasteiger partial charge in [-0.2, -0.15) is 20.4 Å². The number of methoxy groups -OCH3 is 1. The zero-order valence-electron chi connectivity index (χ0n) is 12.5. The molecule has 1 amide bonds. The Kier molecular flexibility index (Phi) is 3.86. The first-order valence-corrected chi connectivity index (χ1v) is 6.97. The topological polar surface area (TPSA) is 100 Å². The maximum Gasteiger partial charge on any atom is 0.276 e. The lowest BCUT2D eigenvalue weighted by molar-refractivity contribution is 0.0739. The van der Waals surface area contributed by atoms with Gasteiger partial charge >= 0.3 is 0 Å². The number of anilines is 1. The lowest BCUT2D eigenvalue weighted by Gasteiger charge is -2.34. The molecule has 1 aliphatic rings. The largest absolute Gasteiger partial charge is 0.481 e. The highest BCUT2D eigenvalue weighted by molar-refractivity contribution is 5.93. The van der Waals surface area contributed by atoms with E-state index in [0.29, 0.717) is 49.4 Å². The highest BCUT2D eigenvalue weighted by atomic mass is 16.5. The van der Waals surface area contributed by atoms with E-state index in [4.69, 9.17) is 4.74 Å². The number of rotatable bonds is 3. The number of amides is 1. The van der Waals surface area contributed by atoms with E-state index in [1.807, 2.05) is 4.90 Å². The fourth-order valence-corrected chi connectivity index (χ4v) is 2.34. The third-order valence-electron chi connectivity index (χ3n) is 3.60. The van der Waals surface area contributed by atoms with Crippen molar-refractivity contribution in [3.8, 4) is 5.88 Å². The van der Waals surface area contributed by atoms with E-state index < -0.39 is 0 Å². The van der Waals surface area contributed by atoms with Crippen molar-refractivity contribution in [2.24, 2.45) is 0 Å². The molecule has 116 valence electrons. The highest BCUT2D eigenvalue weighted by Crippen LogP contribution is 2.15. The zero-order chi connectivity index (χ0) is 15.5. The predicted octanol–water partition coefficient (Wildman–Crippen LogP) is -0.126. The number of piperazine rings is 1. The van der Waals surface area contributed by atoms with Crippen LogP contribution in [0.5, 0.6) is 5.88 Å². The maximum atomic E-state index is 12.4. The molecule has 0 aliphatic carbocycles. The first kappa shape index (κ1) is 14.2. The molecule has 0 radical (unpaired) electrons. The number of nitrogens with zero attached hydrogens (tertiary/aromatic N) is 6. The second kappa shape index (κ2) is 5.96.